The first-order valence-corrected chi connectivity index (χ1v) is 7.90. The van der Waals surface area contributed by atoms with Crippen molar-refractivity contribution < 1.29 is 18.5 Å². The smallest absolute Gasteiger partial charge is 0.293 e. The van der Waals surface area contributed by atoms with Crippen LogP contribution >= 0.6 is 0 Å². The summed E-state index contributed by atoms with van der Waals surface area (Å²) in [6.07, 6.45) is -0.764. The molecule has 1 saturated heterocycles. The average molecular weight is 341 g/mol. The number of anilines is 1. The molecule has 0 radical (unpaired) electrons. The van der Waals surface area contributed by atoms with E-state index in [4.69, 9.17) is 0 Å². The van der Waals surface area contributed by atoms with E-state index >= 15 is 0 Å². The maximum atomic E-state index is 12.4. The van der Waals surface area contributed by atoms with E-state index in [1.165, 1.54) is 13.0 Å². The number of nitrogens with zero attached hydrogens (tertiary/aromatic N) is 2. The van der Waals surface area contributed by atoms with E-state index in [1.54, 1.807) is 17.0 Å². The van der Waals surface area contributed by atoms with Gasteiger partial charge in [0.2, 0.25) is 0 Å². The molecule has 1 aromatic carbocycles. The highest BCUT2D eigenvalue weighted by Crippen LogP contribution is 2.27. The molecular formula is C16H21F2N3O3. The van der Waals surface area contributed by atoms with Gasteiger partial charge in [0.05, 0.1) is 11.5 Å². The van der Waals surface area contributed by atoms with Crippen LogP contribution in [0.4, 0.5) is 20.2 Å². The van der Waals surface area contributed by atoms with Crippen LogP contribution in [0.15, 0.2) is 18.2 Å². The molecule has 1 N–H and O–H groups in total. The molecule has 24 heavy (non-hydrogen) atoms. The number of nitrogens with one attached hydrogen (secondary N) is 1. The van der Waals surface area contributed by atoms with Crippen LogP contribution < -0.4 is 5.32 Å². The van der Waals surface area contributed by atoms with Crippen LogP contribution in [0, 0.1) is 16.0 Å². The molecule has 0 aromatic heterocycles. The summed E-state index contributed by atoms with van der Waals surface area (Å²) in [6.45, 7) is 2.93. The summed E-state index contributed by atoms with van der Waals surface area (Å²) < 4.78 is 24.7. The van der Waals surface area contributed by atoms with Crippen molar-refractivity contribution in [2.75, 3.05) is 31.5 Å². The lowest BCUT2D eigenvalue weighted by atomic mass is 9.96. The summed E-state index contributed by atoms with van der Waals surface area (Å²) in [6, 6.07) is 4.37. The lowest BCUT2D eigenvalue weighted by Gasteiger charge is -2.31. The van der Waals surface area contributed by atoms with Crippen LogP contribution in [-0.4, -0.2) is 48.2 Å². The monoisotopic (exact) mass is 341 g/mol. The molecule has 0 saturated carbocycles. The number of benzene rings is 1. The minimum absolute atomic E-state index is 0.127. The standard InChI is InChI=1S/C16H21F2N3O3/c1-11(22)13-2-3-14(15(8-13)21(23)24)19-9-12-4-6-20(7-5-12)10-16(17)18/h2-3,8,12,16,19H,4-7,9-10H2,1H3. The fraction of sp³-hybridized carbons (Fsp3) is 0.562. The third kappa shape index (κ3) is 4.95. The van der Waals surface area contributed by atoms with Gasteiger partial charge in [0.15, 0.2) is 5.78 Å². The van der Waals surface area contributed by atoms with Crippen LogP contribution in [0.2, 0.25) is 0 Å². The van der Waals surface area contributed by atoms with Crippen molar-refractivity contribution in [2.45, 2.75) is 26.2 Å². The van der Waals surface area contributed by atoms with Gasteiger partial charge in [-0.25, -0.2) is 8.78 Å². The van der Waals surface area contributed by atoms with Gasteiger partial charge in [-0.2, -0.15) is 0 Å². The number of hydrogen-bond donors (Lipinski definition) is 1. The minimum Gasteiger partial charge on any atom is -0.379 e. The number of carbonyl (C=O) groups excluding carboxylic acids is 1. The van der Waals surface area contributed by atoms with Crippen molar-refractivity contribution in [2.24, 2.45) is 5.92 Å². The maximum absolute atomic E-state index is 12.4. The Bertz CT molecular complexity index is 602. The molecular weight excluding hydrogens is 320 g/mol. The number of nitro benzene ring substituents is 1. The highest BCUT2D eigenvalue weighted by Gasteiger charge is 2.22. The van der Waals surface area contributed by atoms with E-state index in [0.29, 0.717) is 30.9 Å². The lowest BCUT2D eigenvalue weighted by molar-refractivity contribution is -0.384. The molecule has 1 aliphatic rings. The predicted molar refractivity (Wildman–Crippen MR) is 86.8 cm³/mol. The second-order valence-electron chi connectivity index (χ2n) is 6.06. The molecule has 0 spiro atoms. The SMILES string of the molecule is CC(=O)c1ccc(NCC2CCN(CC(F)F)CC2)c([N+](=O)[O-])c1. The number of alkyl halides is 2. The van der Waals surface area contributed by atoms with Gasteiger partial charge in [-0.3, -0.25) is 19.8 Å². The van der Waals surface area contributed by atoms with Gasteiger partial charge in [0.25, 0.3) is 12.1 Å². The Hall–Kier alpha value is -2.09. The molecule has 2 rings (SSSR count). The normalized spacial score (nSPS) is 16.3. The molecule has 1 fully saturated rings. The number of Topliss-reactive ketones (excluding diaryl/α,β-unsaturated/α-hetero) is 1. The first kappa shape index (κ1) is 18.3. The van der Waals surface area contributed by atoms with Gasteiger partial charge >= 0.3 is 0 Å². The number of nitro groups is 1. The van der Waals surface area contributed by atoms with Gasteiger partial charge < -0.3 is 5.32 Å². The Kier molecular flexibility index (Phi) is 6.19. The fourth-order valence-corrected chi connectivity index (χ4v) is 2.87. The van der Waals surface area contributed by atoms with E-state index in [0.717, 1.165) is 12.8 Å². The van der Waals surface area contributed by atoms with Gasteiger partial charge in [-0.15, -0.1) is 0 Å². The lowest BCUT2D eigenvalue weighted by Crippen LogP contribution is -2.38. The van der Waals surface area contributed by atoms with Gasteiger partial charge in [0, 0.05) is 18.2 Å². The molecule has 0 amide bonds. The largest absolute Gasteiger partial charge is 0.379 e. The highest BCUT2D eigenvalue weighted by molar-refractivity contribution is 5.95. The number of piperidine rings is 1. The van der Waals surface area contributed by atoms with E-state index in [9.17, 15) is 23.7 Å². The number of carbonyl (C=O) groups is 1. The second kappa shape index (κ2) is 8.14. The Morgan fingerprint density at radius 3 is 2.62 bits per heavy atom. The number of likely N-dealkylation sites (tertiary alicyclic amines) is 1. The summed E-state index contributed by atoms with van der Waals surface area (Å²) in [5, 5.41) is 14.2. The summed E-state index contributed by atoms with van der Waals surface area (Å²) in [7, 11) is 0. The van der Waals surface area contributed by atoms with Crippen molar-refractivity contribution in [3.8, 4) is 0 Å². The maximum Gasteiger partial charge on any atom is 0.293 e. The average Bonchev–Trinajstić information content (AvgIpc) is 2.53. The summed E-state index contributed by atoms with van der Waals surface area (Å²) >= 11 is 0. The topological polar surface area (TPSA) is 75.5 Å². The predicted octanol–water partition coefficient (Wildman–Crippen LogP) is 3.19. The van der Waals surface area contributed by atoms with Crippen LogP contribution in [0.3, 0.4) is 0 Å². The van der Waals surface area contributed by atoms with Crippen molar-refractivity contribution in [1.29, 1.82) is 0 Å². The third-order valence-electron chi connectivity index (χ3n) is 4.29. The van der Waals surface area contributed by atoms with Crippen LogP contribution in [-0.2, 0) is 0 Å². The molecule has 8 heteroatoms. The van der Waals surface area contributed by atoms with E-state index in [1.807, 2.05) is 0 Å². The first-order valence-electron chi connectivity index (χ1n) is 7.90. The van der Waals surface area contributed by atoms with Gasteiger partial charge in [-0.1, -0.05) is 0 Å². The van der Waals surface area contributed by atoms with E-state index < -0.39 is 11.3 Å². The van der Waals surface area contributed by atoms with Crippen LogP contribution in [0.5, 0.6) is 0 Å². The summed E-state index contributed by atoms with van der Waals surface area (Å²) in [5.41, 5.74) is 0.547. The number of halogens is 2. The molecule has 1 aliphatic heterocycles. The summed E-state index contributed by atoms with van der Waals surface area (Å²) in [5.74, 6) is 0.0575. The van der Waals surface area contributed by atoms with Crippen molar-refractivity contribution in [1.82, 2.24) is 4.90 Å². The Morgan fingerprint density at radius 2 is 2.08 bits per heavy atom. The van der Waals surface area contributed by atoms with Crippen molar-refractivity contribution in [3.05, 3.63) is 33.9 Å². The second-order valence-corrected chi connectivity index (χ2v) is 6.06. The van der Waals surface area contributed by atoms with Crippen molar-refractivity contribution >= 4 is 17.2 Å². The molecule has 0 aliphatic carbocycles. The van der Waals surface area contributed by atoms with Crippen LogP contribution in [0.1, 0.15) is 30.1 Å². The molecule has 6 nitrogen and oxygen atoms in total. The first-order chi connectivity index (χ1) is 11.4. The quantitative estimate of drug-likeness (QED) is 0.468. The molecule has 1 heterocycles. The van der Waals surface area contributed by atoms with E-state index in [2.05, 4.69) is 5.32 Å². The zero-order valence-corrected chi connectivity index (χ0v) is 13.5. The fourth-order valence-electron chi connectivity index (χ4n) is 2.87. The minimum atomic E-state index is -2.32. The summed E-state index contributed by atoms with van der Waals surface area (Å²) in [4.78, 5) is 23.7. The number of ketones is 1. The number of hydrogen-bond acceptors (Lipinski definition) is 5. The third-order valence-corrected chi connectivity index (χ3v) is 4.29. The zero-order valence-electron chi connectivity index (χ0n) is 13.5. The zero-order chi connectivity index (χ0) is 17.7. The highest BCUT2D eigenvalue weighted by atomic mass is 19.3. The van der Waals surface area contributed by atoms with Gasteiger partial charge in [0.1, 0.15) is 5.69 Å². The Balaban J connectivity index is 1.93. The Morgan fingerprint density at radius 1 is 1.42 bits per heavy atom. The molecule has 1 aromatic rings. The van der Waals surface area contributed by atoms with E-state index in [-0.39, 0.29) is 23.9 Å². The molecule has 132 valence electrons. The van der Waals surface area contributed by atoms with Crippen molar-refractivity contribution in [3.63, 3.8) is 0 Å². The Labute approximate surface area is 139 Å². The molecule has 0 unspecified atom stereocenters. The molecule has 0 atom stereocenters. The number of rotatable bonds is 7. The van der Waals surface area contributed by atoms with Gasteiger partial charge in [-0.05, 0) is 50.9 Å². The van der Waals surface area contributed by atoms with Crippen LogP contribution in [0.25, 0.3) is 0 Å². The molecule has 0 bridgehead atoms.